The Morgan fingerprint density at radius 1 is 0.402 bits per heavy atom. The second-order valence-electron chi connectivity index (χ2n) is 25.7. The lowest BCUT2D eigenvalue weighted by Crippen LogP contribution is -2.66. The molecule has 87 heavy (non-hydrogen) atoms. The fourth-order valence-electron chi connectivity index (χ4n) is 12.3. The third-order valence-electron chi connectivity index (χ3n) is 18.1. The Balaban J connectivity index is 1.38. The van der Waals surface area contributed by atoms with Crippen molar-refractivity contribution in [2.45, 2.75) is 388 Å². The second kappa shape index (κ2) is 51.0. The lowest BCUT2D eigenvalue weighted by molar-refractivity contribution is -0.379. The topological polar surface area (TPSA) is 307 Å². The molecule has 1 amide bonds. The maximum atomic E-state index is 13.4. The molecule has 19 heteroatoms. The van der Waals surface area contributed by atoms with Crippen LogP contribution in [0.5, 0.6) is 0 Å². The van der Waals surface area contributed by atoms with Gasteiger partial charge in [-0.3, -0.25) is 4.79 Å². The second-order valence-corrected chi connectivity index (χ2v) is 25.7. The van der Waals surface area contributed by atoms with E-state index in [0.717, 1.165) is 64.2 Å². The van der Waals surface area contributed by atoms with E-state index in [0.29, 0.717) is 12.8 Å². The molecule has 12 N–H and O–H groups in total. The third kappa shape index (κ3) is 33.3. The van der Waals surface area contributed by atoms with Crippen molar-refractivity contribution in [2.75, 3.05) is 26.4 Å². The van der Waals surface area contributed by atoms with Crippen LogP contribution in [0.15, 0.2) is 12.2 Å². The monoisotopic (exact) mass is 1250 g/mol. The molecular weight excluding hydrogens is 1120 g/mol. The van der Waals surface area contributed by atoms with E-state index in [1.807, 2.05) is 0 Å². The number of aliphatic hydroxyl groups is 11. The third-order valence-corrected chi connectivity index (χ3v) is 18.1. The van der Waals surface area contributed by atoms with Gasteiger partial charge in [0.15, 0.2) is 18.9 Å². The summed E-state index contributed by atoms with van der Waals surface area (Å²) in [6.45, 7) is 1.80. The first-order valence-corrected chi connectivity index (χ1v) is 35.4. The van der Waals surface area contributed by atoms with Crippen LogP contribution in [0.3, 0.4) is 0 Å². The lowest BCUT2D eigenvalue weighted by Gasteiger charge is -2.48. The molecule has 0 saturated carbocycles. The van der Waals surface area contributed by atoms with Gasteiger partial charge in [-0.2, -0.15) is 0 Å². The molecule has 3 aliphatic rings. The van der Waals surface area contributed by atoms with Crippen LogP contribution in [-0.4, -0.2) is 193 Å². The van der Waals surface area contributed by atoms with Crippen molar-refractivity contribution in [1.29, 1.82) is 0 Å². The van der Waals surface area contributed by atoms with Crippen molar-refractivity contribution in [3.8, 4) is 0 Å². The fourth-order valence-corrected chi connectivity index (χ4v) is 12.3. The van der Waals surface area contributed by atoms with Crippen molar-refractivity contribution in [3.63, 3.8) is 0 Å². The number of carbonyl (C=O) groups excluding carboxylic acids is 1. The standard InChI is InChI=1S/C68H129NO18/c1-3-5-7-9-11-13-15-17-18-19-20-21-22-23-24-25-26-27-28-29-30-31-32-34-35-37-39-41-43-45-52(73)51(69-56(74)46-44-42-40-38-36-33-16-14-12-10-8-6-4-2)50-82-66-62(80)59(77)64(54(48-71)84-66)87-68-63(81)60(78)65(55(49-72)85-68)86-67-61(79)58(76)57(75)53(47-70)83-67/h14,16,51-55,57-68,70-73,75-81H,3-13,15,17-50H2,1-2H3,(H,69,74)/b16-14-. The maximum Gasteiger partial charge on any atom is 0.220 e. The van der Waals surface area contributed by atoms with Crippen molar-refractivity contribution in [2.24, 2.45) is 0 Å². The Bertz CT molecular complexity index is 1630. The summed E-state index contributed by atoms with van der Waals surface area (Å²) >= 11 is 0. The molecule has 19 nitrogen and oxygen atoms in total. The Kier molecular flexibility index (Phi) is 46.8. The summed E-state index contributed by atoms with van der Waals surface area (Å²) in [7, 11) is 0. The van der Waals surface area contributed by atoms with E-state index >= 15 is 0 Å². The van der Waals surface area contributed by atoms with Crippen LogP contribution in [-0.2, 0) is 33.2 Å². The molecule has 3 heterocycles. The molecular formula is C68H129NO18. The number of rotatable bonds is 55. The normalized spacial score (nSPS) is 28.6. The Hall–Kier alpha value is -1.47. The summed E-state index contributed by atoms with van der Waals surface area (Å²) in [6, 6.07) is -0.889. The molecule has 514 valence electrons. The number of amides is 1. The molecule has 3 rings (SSSR count). The average molecular weight is 1250 g/mol. The van der Waals surface area contributed by atoms with Crippen molar-refractivity contribution in [3.05, 3.63) is 12.2 Å². The van der Waals surface area contributed by atoms with Crippen molar-refractivity contribution in [1.82, 2.24) is 5.32 Å². The van der Waals surface area contributed by atoms with Crippen LogP contribution in [0, 0.1) is 0 Å². The van der Waals surface area contributed by atoms with Gasteiger partial charge < -0.3 is 89.9 Å². The van der Waals surface area contributed by atoms with Crippen LogP contribution < -0.4 is 5.32 Å². The number of hydrogen-bond acceptors (Lipinski definition) is 18. The molecule has 17 atom stereocenters. The van der Waals surface area contributed by atoms with E-state index in [1.54, 1.807) is 0 Å². The van der Waals surface area contributed by atoms with Crippen molar-refractivity contribution >= 4 is 5.91 Å². The average Bonchev–Trinajstić information content (AvgIpc) is 2.79. The largest absolute Gasteiger partial charge is 0.394 e. The number of nitrogens with one attached hydrogen (secondary N) is 1. The number of hydrogen-bond donors (Lipinski definition) is 12. The highest BCUT2D eigenvalue weighted by molar-refractivity contribution is 5.76. The van der Waals surface area contributed by atoms with Gasteiger partial charge in [0.05, 0.1) is 38.6 Å². The highest BCUT2D eigenvalue weighted by atomic mass is 16.8. The number of carbonyl (C=O) groups is 1. The van der Waals surface area contributed by atoms with Crippen LogP contribution >= 0.6 is 0 Å². The highest BCUT2D eigenvalue weighted by Gasteiger charge is 2.53. The molecule has 3 aliphatic heterocycles. The lowest BCUT2D eigenvalue weighted by atomic mass is 9.96. The van der Waals surface area contributed by atoms with E-state index in [9.17, 15) is 61.0 Å². The smallest absolute Gasteiger partial charge is 0.220 e. The molecule has 0 spiro atoms. The van der Waals surface area contributed by atoms with Gasteiger partial charge in [-0.1, -0.05) is 251 Å². The molecule has 17 unspecified atom stereocenters. The summed E-state index contributed by atoms with van der Waals surface area (Å²) < 4.78 is 34.4. The van der Waals surface area contributed by atoms with Crippen molar-refractivity contribution < 1.29 is 89.4 Å². The Morgan fingerprint density at radius 3 is 1.13 bits per heavy atom. The first kappa shape index (κ1) is 79.8. The molecule has 0 bridgehead atoms. The predicted molar refractivity (Wildman–Crippen MR) is 337 cm³/mol. The SMILES string of the molecule is CCCCCC/C=C\CCCCCCCC(=O)NC(COC1OC(CO)C(OC2OC(CO)C(OC3OC(CO)C(O)C(O)C3O)C(O)C2O)C(O)C1O)C(O)CCCCCCCCCCCCCCCCCCCCCCCCCCCCCCC. The zero-order valence-electron chi connectivity index (χ0n) is 54.3. The summed E-state index contributed by atoms with van der Waals surface area (Å²) in [6.07, 6.45) is 28.8. The molecule has 3 fully saturated rings. The van der Waals surface area contributed by atoms with Gasteiger partial charge in [0.2, 0.25) is 5.91 Å². The fraction of sp³-hybridized carbons (Fsp3) is 0.956. The summed E-state index contributed by atoms with van der Waals surface area (Å²) in [5.41, 5.74) is 0. The van der Waals surface area contributed by atoms with Gasteiger partial charge in [0.1, 0.15) is 73.2 Å². The van der Waals surface area contributed by atoms with E-state index in [4.69, 9.17) is 28.4 Å². The number of aliphatic hydroxyl groups excluding tert-OH is 11. The van der Waals surface area contributed by atoms with Gasteiger partial charge in [0, 0.05) is 6.42 Å². The first-order chi connectivity index (χ1) is 42.3. The number of allylic oxidation sites excluding steroid dienone is 2. The van der Waals surface area contributed by atoms with E-state index in [2.05, 4.69) is 31.3 Å². The maximum absolute atomic E-state index is 13.4. The minimum atomic E-state index is -1.97. The Morgan fingerprint density at radius 2 is 0.724 bits per heavy atom. The van der Waals surface area contributed by atoms with Crippen LogP contribution in [0.4, 0.5) is 0 Å². The minimum Gasteiger partial charge on any atom is -0.394 e. The van der Waals surface area contributed by atoms with Gasteiger partial charge in [-0.15, -0.1) is 0 Å². The van der Waals surface area contributed by atoms with E-state index in [-0.39, 0.29) is 18.9 Å². The first-order valence-electron chi connectivity index (χ1n) is 35.4. The molecule has 0 aromatic heterocycles. The molecule has 0 aromatic rings. The zero-order valence-corrected chi connectivity index (χ0v) is 54.3. The van der Waals surface area contributed by atoms with Gasteiger partial charge in [-0.05, 0) is 38.5 Å². The Labute approximate surface area is 525 Å². The van der Waals surface area contributed by atoms with Gasteiger partial charge >= 0.3 is 0 Å². The molecule has 0 aliphatic carbocycles. The number of ether oxygens (including phenoxy) is 6. The van der Waals surface area contributed by atoms with Crippen LogP contribution in [0.25, 0.3) is 0 Å². The highest BCUT2D eigenvalue weighted by Crippen LogP contribution is 2.33. The van der Waals surface area contributed by atoms with Crippen LogP contribution in [0.2, 0.25) is 0 Å². The van der Waals surface area contributed by atoms with Gasteiger partial charge in [-0.25, -0.2) is 0 Å². The summed E-state index contributed by atoms with van der Waals surface area (Å²) in [4.78, 5) is 13.4. The zero-order chi connectivity index (χ0) is 63.3. The van der Waals surface area contributed by atoms with Crippen LogP contribution in [0.1, 0.15) is 284 Å². The van der Waals surface area contributed by atoms with E-state index in [1.165, 1.54) is 186 Å². The number of unbranched alkanes of at least 4 members (excludes halogenated alkanes) is 37. The minimum absolute atomic E-state index is 0.249. The quantitative estimate of drug-likeness (QED) is 0.0199. The van der Waals surface area contributed by atoms with Gasteiger partial charge in [0.25, 0.3) is 0 Å². The predicted octanol–water partition coefficient (Wildman–Crippen LogP) is 9.28. The molecule has 3 saturated heterocycles. The van der Waals surface area contributed by atoms with E-state index < -0.39 is 124 Å². The summed E-state index contributed by atoms with van der Waals surface area (Å²) in [5, 5.41) is 121. The molecule has 0 aromatic carbocycles. The molecule has 0 radical (unpaired) electrons. The summed E-state index contributed by atoms with van der Waals surface area (Å²) in [5.74, 6) is -0.249.